The number of rotatable bonds is 4. The molecular weight excluding hydrogens is 466 g/mol. The summed E-state index contributed by atoms with van der Waals surface area (Å²) in [6.07, 6.45) is 0. The van der Waals surface area contributed by atoms with Gasteiger partial charge in [0.05, 0.1) is 22.8 Å². The third-order valence-corrected chi connectivity index (χ3v) is 6.78. The minimum Gasteiger partial charge on any atom is -0.245 e. The summed E-state index contributed by atoms with van der Waals surface area (Å²) in [5, 5.41) is 10.2. The van der Waals surface area contributed by atoms with E-state index >= 15 is 0 Å². The van der Waals surface area contributed by atoms with Crippen molar-refractivity contribution in [1.82, 2.24) is 14.3 Å². The third-order valence-electron chi connectivity index (χ3n) is 6.78. The molecule has 0 aliphatic heterocycles. The van der Waals surface area contributed by atoms with E-state index in [0.717, 1.165) is 22.8 Å². The summed E-state index contributed by atoms with van der Waals surface area (Å²) in [6.45, 7) is 30.8. The van der Waals surface area contributed by atoms with Crippen molar-refractivity contribution in [3.05, 3.63) is 76.6 Å². The molecule has 0 N–H and O–H groups in total. The Kier molecular flexibility index (Phi) is 7.77. The highest BCUT2D eigenvalue weighted by atomic mass is 15.4. The first-order valence-electron chi connectivity index (χ1n) is 13.8. The zero-order valence-electron chi connectivity index (χ0n) is 26.3. The Bertz CT molecular complexity index is 1190. The van der Waals surface area contributed by atoms with E-state index in [4.69, 9.17) is 15.2 Å². The van der Waals surface area contributed by atoms with Crippen molar-refractivity contribution in [1.29, 1.82) is 0 Å². The molecule has 3 heterocycles. The molecule has 0 atom stereocenters. The van der Waals surface area contributed by atoms with Crippen LogP contribution in [0.25, 0.3) is 0 Å². The van der Waals surface area contributed by atoms with Gasteiger partial charge in [0.25, 0.3) is 0 Å². The van der Waals surface area contributed by atoms with Gasteiger partial charge in [0.15, 0.2) is 0 Å². The summed E-state index contributed by atoms with van der Waals surface area (Å²) in [7, 11) is 0. The maximum Gasteiger partial charge on any atom is 0.0867 e. The van der Waals surface area contributed by atoms with Gasteiger partial charge in [-0.25, -0.2) is 14.3 Å². The Labute approximate surface area is 231 Å². The maximum absolute atomic E-state index is 5.12. The Morgan fingerprint density at radius 2 is 0.763 bits per heavy atom. The van der Waals surface area contributed by atoms with Gasteiger partial charge in [0.2, 0.25) is 0 Å². The van der Waals surface area contributed by atoms with Crippen molar-refractivity contribution < 1.29 is 0 Å². The highest BCUT2D eigenvalue weighted by Crippen LogP contribution is 2.32. The summed E-state index contributed by atoms with van der Waals surface area (Å²) in [5.41, 5.74) is 8.08. The van der Waals surface area contributed by atoms with Gasteiger partial charge in [-0.15, -0.1) is 0 Å². The van der Waals surface area contributed by atoms with Gasteiger partial charge in [0.1, 0.15) is 0 Å². The van der Waals surface area contributed by atoms with Crippen molar-refractivity contribution in [3.8, 4) is 0 Å². The van der Waals surface area contributed by atoms with Gasteiger partial charge in [-0.1, -0.05) is 89.2 Å². The van der Waals surface area contributed by atoms with E-state index < -0.39 is 0 Å². The van der Waals surface area contributed by atoms with Crippen molar-refractivity contribution in [2.75, 3.05) is 0 Å². The van der Waals surface area contributed by atoms with Gasteiger partial charge >= 0.3 is 0 Å². The van der Waals surface area contributed by atoms with E-state index in [1.54, 1.807) is 0 Å². The molecule has 38 heavy (non-hydrogen) atoms. The van der Waals surface area contributed by atoms with Crippen LogP contribution in [0, 0.1) is 0 Å². The fourth-order valence-electron chi connectivity index (χ4n) is 4.58. The highest BCUT2D eigenvalue weighted by Gasteiger charge is 2.27. The summed E-state index contributed by atoms with van der Waals surface area (Å²) in [6, 6.07) is 14.9. The lowest BCUT2D eigenvalue weighted by atomic mass is 9.92. The molecule has 3 aromatic heterocycles. The van der Waals surface area contributed by atoms with Crippen LogP contribution < -0.4 is 0 Å². The number of aromatic nitrogens is 3. The minimum atomic E-state index is -0.0297. The van der Waals surface area contributed by atoms with Crippen molar-refractivity contribution in [3.63, 3.8) is 0 Å². The molecular formula is C33H49N5. The molecule has 0 bridgehead atoms. The monoisotopic (exact) mass is 515 g/mol. The van der Waals surface area contributed by atoms with E-state index in [2.05, 4.69) is 117 Å². The first-order chi connectivity index (χ1) is 17.2. The average Bonchev–Trinajstić information content (AvgIpc) is 3.37. The maximum atomic E-state index is 5.12. The summed E-state index contributed by atoms with van der Waals surface area (Å²) in [4.78, 5) is 5.01. The zero-order chi connectivity index (χ0) is 28.8. The lowest BCUT2D eigenvalue weighted by molar-refractivity contribution is 0.492. The van der Waals surface area contributed by atoms with Crippen LogP contribution in [0.1, 0.15) is 131 Å². The van der Waals surface area contributed by atoms with Crippen LogP contribution in [-0.2, 0) is 21.7 Å². The summed E-state index contributed by atoms with van der Waals surface area (Å²) in [5.74, 6) is 0. The van der Waals surface area contributed by atoms with Crippen LogP contribution in [0.3, 0.4) is 0 Å². The predicted molar refractivity (Wildman–Crippen MR) is 163 cm³/mol. The molecule has 0 unspecified atom stereocenters. The molecule has 5 heteroatoms. The van der Waals surface area contributed by atoms with Crippen LogP contribution in [0.2, 0.25) is 0 Å². The van der Waals surface area contributed by atoms with E-state index in [9.17, 15) is 0 Å². The fraction of sp³-hybridized carbons (Fsp3) is 0.545. The van der Waals surface area contributed by atoms with Gasteiger partial charge < -0.3 is 0 Å². The first kappa shape index (κ1) is 29.6. The Balaban J connectivity index is 2.11. The standard InChI is InChI=1S/C33H49N5/c1-22(35-37-26(30(3,4)5)18-19-27(37)31(6,7)8)24-16-15-17-25(34-24)23(2)36-38-28(32(9,10)11)20-21-29(38)33(12,13)14/h15-21H,1-14H3/b35-22+,36-23+. The normalized spacial score (nSPS) is 14.4. The van der Waals surface area contributed by atoms with Gasteiger partial charge in [-0.05, 0) is 50.2 Å². The molecule has 0 saturated heterocycles. The zero-order valence-corrected chi connectivity index (χ0v) is 26.3. The molecule has 3 rings (SSSR count). The van der Waals surface area contributed by atoms with Crippen LogP contribution in [0.5, 0.6) is 0 Å². The Hall–Kier alpha value is -2.95. The van der Waals surface area contributed by atoms with Crippen LogP contribution in [-0.4, -0.2) is 25.8 Å². The molecule has 0 spiro atoms. The van der Waals surface area contributed by atoms with Crippen molar-refractivity contribution in [2.24, 2.45) is 10.2 Å². The first-order valence-corrected chi connectivity index (χ1v) is 13.8. The lowest BCUT2D eigenvalue weighted by Gasteiger charge is -2.25. The Morgan fingerprint density at radius 1 is 0.500 bits per heavy atom. The smallest absolute Gasteiger partial charge is 0.0867 e. The summed E-state index contributed by atoms with van der Waals surface area (Å²) < 4.78 is 4.24. The Morgan fingerprint density at radius 3 is 1.00 bits per heavy atom. The van der Waals surface area contributed by atoms with E-state index in [-0.39, 0.29) is 21.7 Å². The lowest BCUT2D eigenvalue weighted by Crippen LogP contribution is -2.23. The van der Waals surface area contributed by atoms with Crippen LogP contribution in [0.4, 0.5) is 0 Å². The second-order valence-electron chi connectivity index (χ2n) is 14.6. The second kappa shape index (κ2) is 9.98. The quantitative estimate of drug-likeness (QED) is 0.322. The topological polar surface area (TPSA) is 47.5 Å². The summed E-state index contributed by atoms with van der Waals surface area (Å²) >= 11 is 0. The van der Waals surface area contributed by atoms with Crippen molar-refractivity contribution in [2.45, 2.75) is 119 Å². The molecule has 0 radical (unpaired) electrons. The molecule has 5 nitrogen and oxygen atoms in total. The van der Waals surface area contributed by atoms with Gasteiger partial charge in [-0.2, -0.15) is 10.2 Å². The molecule has 0 aliphatic rings. The molecule has 0 saturated carbocycles. The van der Waals surface area contributed by atoms with Crippen LogP contribution >= 0.6 is 0 Å². The van der Waals surface area contributed by atoms with Gasteiger partial charge in [0, 0.05) is 44.4 Å². The number of pyridine rings is 1. The number of nitrogens with zero attached hydrogens (tertiary/aromatic N) is 5. The molecule has 0 fully saturated rings. The minimum absolute atomic E-state index is 0.0297. The molecule has 0 amide bonds. The average molecular weight is 516 g/mol. The highest BCUT2D eigenvalue weighted by molar-refractivity contribution is 6.00. The second-order valence-corrected chi connectivity index (χ2v) is 14.6. The molecule has 3 aromatic rings. The van der Waals surface area contributed by atoms with E-state index in [0.29, 0.717) is 0 Å². The van der Waals surface area contributed by atoms with Gasteiger partial charge in [-0.3, -0.25) is 0 Å². The molecule has 0 aliphatic carbocycles. The third kappa shape index (κ3) is 6.36. The van der Waals surface area contributed by atoms with Crippen molar-refractivity contribution >= 4 is 11.4 Å². The van der Waals surface area contributed by atoms with E-state index in [1.165, 1.54) is 22.8 Å². The van der Waals surface area contributed by atoms with E-state index in [1.807, 2.05) is 32.0 Å². The number of hydrogen-bond donors (Lipinski definition) is 0. The molecule has 0 aromatic carbocycles. The largest absolute Gasteiger partial charge is 0.245 e. The number of hydrogen-bond acceptors (Lipinski definition) is 3. The molecule has 206 valence electrons. The predicted octanol–water partition coefficient (Wildman–Crippen LogP) is 8.42. The SMILES string of the molecule is C/C(=N\n1c(C(C)(C)C)ccc1C(C)(C)C)c1cccc(/C(C)=N/n2c(C(C)(C)C)ccc2C(C)(C)C)n1. The van der Waals surface area contributed by atoms with Crippen LogP contribution in [0.15, 0.2) is 52.7 Å². The fourth-order valence-corrected chi connectivity index (χ4v) is 4.58.